The van der Waals surface area contributed by atoms with Crippen LogP contribution in [0.3, 0.4) is 0 Å². The quantitative estimate of drug-likeness (QED) is 0.727. The lowest BCUT2D eigenvalue weighted by Crippen LogP contribution is -2.00. The minimum Gasteiger partial charge on any atom is -0.367 e. The molecule has 0 radical (unpaired) electrons. The fraction of sp³-hybridized carbons (Fsp3) is 0.333. The summed E-state index contributed by atoms with van der Waals surface area (Å²) in [5.74, 6) is 0. The van der Waals surface area contributed by atoms with Gasteiger partial charge < -0.3 is 4.98 Å². The van der Waals surface area contributed by atoms with Gasteiger partial charge in [0.05, 0.1) is 5.25 Å². The molecule has 0 aliphatic heterocycles. The van der Waals surface area contributed by atoms with Crippen molar-refractivity contribution in [2.75, 3.05) is 0 Å². The van der Waals surface area contributed by atoms with Crippen molar-refractivity contribution in [3.8, 4) is 0 Å². The summed E-state index contributed by atoms with van der Waals surface area (Å²) in [6.07, 6.45) is 3.28. The number of H-pyrrole nitrogens is 1. The van der Waals surface area contributed by atoms with Gasteiger partial charge in [-0.2, -0.15) is 0 Å². The van der Waals surface area contributed by atoms with Crippen LogP contribution in [-0.2, 0) is 9.05 Å². The highest BCUT2D eigenvalue weighted by atomic mass is 35.7. The monoisotopic (exact) mass is 193 g/mol. The molecule has 0 amide bonds. The molecule has 11 heavy (non-hydrogen) atoms. The predicted octanol–water partition coefficient (Wildman–Crippen LogP) is 1.64. The maximum absolute atomic E-state index is 10.8. The van der Waals surface area contributed by atoms with Gasteiger partial charge in [0.2, 0.25) is 9.05 Å². The molecule has 0 bridgehead atoms. The van der Waals surface area contributed by atoms with E-state index in [4.69, 9.17) is 10.7 Å². The summed E-state index contributed by atoms with van der Waals surface area (Å²) in [5.41, 5.74) is 0.681. The van der Waals surface area contributed by atoms with E-state index in [1.807, 2.05) is 0 Å². The summed E-state index contributed by atoms with van der Waals surface area (Å²) in [5, 5.41) is -0.643. The van der Waals surface area contributed by atoms with Gasteiger partial charge in [-0.25, -0.2) is 8.42 Å². The van der Waals surface area contributed by atoms with Gasteiger partial charge in [-0.05, 0) is 18.6 Å². The standard InChI is InChI=1S/C6H8ClNO2S/c1-5(11(7,9)10)6-2-3-8-4-6/h2-5,8H,1H3. The van der Waals surface area contributed by atoms with Crippen molar-refractivity contribution in [3.63, 3.8) is 0 Å². The molecule has 1 aromatic rings. The zero-order valence-electron chi connectivity index (χ0n) is 5.91. The summed E-state index contributed by atoms with van der Waals surface area (Å²) < 4.78 is 21.6. The Kier molecular flexibility index (Phi) is 2.25. The third-order valence-corrected chi connectivity index (χ3v) is 3.43. The number of halogens is 1. The van der Waals surface area contributed by atoms with E-state index in [1.54, 1.807) is 25.4 Å². The van der Waals surface area contributed by atoms with Crippen molar-refractivity contribution in [2.45, 2.75) is 12.2 Å². The van der Waals surface area contributed by atoms with Crippen molar-refractivity contribution >= 4 is 19.7 Å². The molecule has 0 spiro atoms. The maximum atomic E-state index is 10.8. The van der Waals surface area contributed by atoms with E-state index in [2.05, 4.69) is 4.98 Å². The molecular weight excluding hydrogens is 186 g/mol. The second kappa shape index (κ2) is 2.87. The zero-order valence-corrected chi connectivity index (χ0v) is 7.48. The van der Waals surface area contributed by atoms with Gasteiger partial charge in [0.15, 0.2) is 0 Å². The van der Waals surface area contributed by atoms with Crippen molar-refractivity contribution in [3.05, 3.63) is 24.0 Å². The van der Waals surface area contributed by atoms with Crippen LogP contribution in [0.4, 0.5) is 0 Å². The topological polar surface area (TPSA) is 49.9 Å². The van der Waals surface area contributed by atoms with Crippen molar-refractivity contribution in [1.82, 2.24) is 4.98 Å². The van der Waals surface area contributed by atoms with E-state index in [0.29, 0.717) is 5.56 Å². The summed E-state index contributed by atoms with van der Waals surface area (Å²) in [6, 6.07) is 1.69. The molecule has 1 rings (SSSR count). The van der Waals surface area contributed by atoms with Crippen LogP contribution in [0.5, 0.6) is 0 Å². The molecule has 1 aromatic heterocycles. The smallest absolute Gasteiger partial charge is 0.239 e. The summed E-state index contributed by atoms with van der Waals surface area (Å²) in [6.45, 7) is 1.55. The first-order valence-corrected chi connectivity index (χ1v) is 5.45. The summed E-state index contributed by atoms with van der Waals surface area (Å²) >= 11 is 0. The van der Waals surface area contributed by atoms with E-state index in [-0.39, 0.29) is 0 Å². The first-order valence-electron chi connectivity index (χ1n) is 3.08. The molecule has 62 valence electrons. The Balaban J connectivity index is 2.97. The molecule has 1 atom stereocenters. The van der Waals surface area contributed by atoms with Gasteiger partial charge >= 0.3 is 0 Å². The molecule has 0 saturated heterocycles. The summed E-state index contributed by atoms with van der Waals surface area (Å²) in [4.78, 5) is 2.76. The summed E-state index contributed by atoms with van der Waals surface area (Å²) in [7, 11) is 1.66. The lowest BCUT2D eigenvalue weighted by molar-refractivity contribution is 0.600. The molecule has 0 aromatic carbocycles. The third-order valence-electron chi connectivity index (χ3n) is 1.51. The fourth-order valence-electron chi connectivity index (χ4n) is 0.752. The highest BCUT2D eigenvalue weighted by molar-refractivity contribution is 8.13. The van der Waals surface area contributed by atoms with Crippen LogP contribution in [0, 0.1) is 0 Å². The predicted molar refractivity (Wildman–Crippen MR) is 44.0 cm³/mol. The number of hydrogen-bond donors (Lipinski definition) is 1. The van der Waals surface area contributed by atoms with Crippen molar-refractivity contribution < 1.29 is 8.42 Å². The highest BCUT2D eigenvalue weighted by Crippen LogP contribution is 2.23. The first kappa shape index (κ1) is 8.62. The molecule has 1 N–H and O–H groups in total. The molecule has 0 fully saturated rings. The Morgan fingerprint density at radius 2 is 2.27 bits per heavy atom. The minimum absolute atomic E-state index is 0.643. The van der Waals surface area contributed by atoms with Crippen molar-refractivity contribution in [1.29, 1.82) is 0 Å². The lowest BCUT2D eigenvalue weighted by Gasteiger charge is -2.02. The number of hydrogen-bond acceptors (Lipinski definition) is 2. The van der Waals surface area contributed by atoms with E-state index in [0.717, 1.165) is 0 Å². The molecule has 0 saturated carbocycles. The van der Waals surface area contributed by atoms with Gasteiger partial charge in [0, 0.05) is 23.1 Å². The van der Waals surface area contributed by atoms with Crippen LogP contribution < -0.4 is 0 Å². The third kappa shape index (κ3) is 1.97. The first-order chi connectivity index (χ1) is 5.02. The minimum atomic E-state index is -3.47. The van der Waals surface area contributed by atoms with Gasteiger partial charge in [-0.3, -0.25) is 0 Å². The Bertz CT molecular complexity index is 316. The fourth-order valence-corrected chi connectivity index (χ4v) is 1.53. The van der Waals surface area contributed by atoms with Gasteiger partial charge in [-0.15, -0.1) is 0 Å². The molecule has 3 nitrogen and oxygen atoms in total. The van der Waals surface area contributed by atoms with E-state index in [9.17, 15) is 8.42 Å². The molecule has 1 unspecified atom stereocenters. The molecule has 0 aliphatic rings. The largest absolute Gasteiger partial charge is 0.367 e. The van der Waals surface area contributed by atoms with Gasteiger partial charge in [-0.1, -0.05) is 0 Å². The maximum Gasteiger partial charge on any atom is 0.239 e. The van der Waals surface area contributed by atoms with Crippen molar-refractivity contribution in [2.24, 2.45) is 0 Å². The highest BCUT2D eigenvalue weighted by Gasteiger charge is 2.19. The second-order valence-electron chi connectivity index (χ2n) is 2.26. The molecule has 5 heteroatoms. The number of aromatic nitrogens is 1. The van der Waals surface area contributed by atoms with Gasteiger partial charge in [0.25, 0.3) is 0 Å². The van der Waals surface area contributed by atoms with Crippen LogP contribution in [0.15, 0.2) is 18.5 Å². The Morgan fingerprint density at radius 1 is 1.64 bits per heavy atom. The average Bonchev–Trinajstić information content (AvgIpc) is 2.34. The van der Waals surface area contributed by atoms with Crippen LogP contribution in [-0.4, -0.2) is 13.4 Å². The average molecular weight is 194 g/mol. The van der Waals surface area contributed by atoms with E-state index < -0.39 is 14.3 Å². The Morgan fingerprint density at radius 3 is 2.64 bits per heavy atom. The Hall–Kier alpha value is -0.480. The second-order valence-corrected chi connectivity index (χ2v) is 5.21. The van der Waals surface area contributed by atoms with Gasteiger partial charge in [0.1, 0.15) is 0 Å². The van der Waals surface area contributed by atoms with Crippen LogP contribution in [0.2, 0.25) is 0 Å². The zero-order chi connectivity index (χ0) is 8.48. The normalized spacial score (nSPS) is 14.7. The Labute approximate surface area is 69.8 Å². The molecule has 1 heterocycles. The number of aromatic amines is 1. The van der Waals surface area contributed by atoms with Crippen LogP contribution >= 0.6 is 10.7 Å². The SMILES string of the molecule is CC(c1cc[nH]c1)S(=O)(=O)Cl. The lowest BCUT2D eigenvalue weighted by atomic mass is 10.3. The van der Waals surface area contributed by atoms with Crippen LogP contribution in [0.1, 0.15) is 17.7 Å². The molecular formula is C6H8ClNO2S. The van der Waals surface area contributed by atoms with E-state index in [1.165, 1.54) is 0 Å². The van der Waals surface area contributed by atoms with Crippen LogP contribution in [0.25, 0.3) is 0 Å². The van der Waals surface area contributed by atoms with E-state index >= 15 is 0 Å². The number of rotatable bonds is 2. The number of nitrogens with one attached hydrogen (secondary N) is 1. The molecule has 0 aliphatic carbocycles.